The number of aryl methyl sites for hydroxylation is 1. The Bertz CT molecular complexity index is 611. The van der Waals surface area contributed by atoms with Crippen LogP contribution in [-0.4, -0.2) is 23.2 Å². The molecule has 19 heavy (non-hydrogen) atoms. The summed E-state index contributed by atoms with van der Waals surface area (Å²) in [6.45, 7) is 1.67. The second-order valence-corrected chi connectivity index (χ2v) is 3.99. The van der Waals surface area contributed by atoms with E-state index in [-0.39, 0.29) is 5.56 Å². The van der Waals surface area contributed by atoms with Gasteiger partial charge in [-0.05, 0) is 31.2 Å². The van der Waals surface area contributed by atoms with E-state index in [9.17, 15) is 4.79 Å². The molecule has 0 radical (unpaired) electrons. The van der Waals surface area contributed by atoms with Crippen LogP contribution in [0.3, 0.4) is 0 Å². The summed E-state index contributed by atoms with van der Waals surface area (Å²) >= 11 is 0. The largest absolute Gasteiger partial charge is 0.497 e. The van der Waals surface area contributed by atoms with Crippen LogP contribution in [0.15, 0.2) is 36.4 Å². The van der Waals surface area contributed by atoms with Crippen molar-refractivity contribution < 1.29 is 14.6 Å². The van der Waals surface area contributed by atoms with Gasteiger partial charge in [-0.3, -0.25) is 0 Å². The highest BCUT2D eigenvalue weighted by molar-refractivity contribution is 5.89. The van der Waals surface area contributed by atoms with Gasteiger partial charge in [0.15, 0.2) is 0 Å². The third-order valence-electron chi connectivity index (χ3n) is 2.66. The fraction of sp³-hybridized carbons (Fsp3) is 0.143. The van der Waals surface area contributed by atoms with Gasteiger partial charge in [0.1, 0.15) is 11.6 Å². The van der Waals surface area contributed by atoms with E-state index < -0.39 is 5.97 Å². The Hall–Kier alpha value is -2.56. The molecule has 0 spiro atoms. The highest BCUT2D eigenvalue weighted by Gasteiger charge is 2.08. The van der Waals surface area contributed by atoms with Crippen LogP contribution in [0.25, 0.3) is 0 Å². The number of pyridine rings is 1. The molecule has 0 saturated heterocycles. The van der Waals surface area contributed by atoms with Gasteiger partial charge in [-0.1, -0.05) is 6.07 Å². The summed E-state index contributed by atoms with van der Waals surface area (Å²) in [5.41, 5.74) is 1.51. The SMILES string of the molecule is COc1cccc(Nc2ccc(C(=O)O)c(C)n2)c1. The normalized spacial score (nSPS) is 10.0. The lowest BCUT2D eigenvalue weighted by Crippen LogP contribution is -2.03. The number of aromatic carboxylic acids is 1. The third-order valence-corrected chi connectivity index (χ3v) is 2.66. The molecule has 0 bridgehead atoms. The van der Waals surface area contributed by atoms with Crippen LogP contribution in [0.4, 0.5) is 11.5 Å². The Labute approximate surface area is 110 Å². The molecular formula is C14H14N2O3. The number of carboxylic acid groups (broad SMARTS) is 1. The van der Waals surface area contributed by atoms with E-state index in [0.717, 1.165) is 11.4 Å². The number of nitrogens with one attached hydrogen (secondary N) is 1. The number of nitrogens with zero attached hydrogens (tertiary/aromatic N) is 1. The molecule has 0 aliphatic heterocycles. The first-order valence-corrected chi connectivity index (χ1v) is 5.72. The van der Waals surface area contributed by atoms with Crippen LogP contribution in [0.1, 0.15) is 16.1 Å². The number of methoxy groups -OCH3 is 1. The molecule has 0 saturated carbocycles. The Morgan fingerprint density at radius 1 is 1.32 bits per heavy atom. The highest BCUT2D eigenvalue weighted by Crippen LogP contribution is 2.21. The second-order valence-electron chi connectivity index (χ2n) is 3.99. The number of hydrogen-bond acceptors (Lipinski definition) is 4. The van der Waals surface area contributed by atoms with E-state index >= 15 is 0 Å². The van der Waals surface area contributed by atoms with Gasteiger partial charge in [0, 0.05) is 11.8 Å². The lowest BCUT2D eigenvalue weighted by Gasteiger charge is -2.09. The number of carbonyl (C=O) groups is 1. The fourth-order valence-corrected chi connectivity index (χ4v) is 1.71. The minimum atomic E-state index is -0.974. The first kappa shape index (κ1) is 12.9. The van der Waals surface area contributed by atoms with Gasteiger partial charge in [-0.15, -0.1) is 0 Å². The molecule has 0 atom stereocenters. The average Bonchev–Trinajstić information content (AvgIpc) is 2.38. The van der Waals surface area contributed by atoms with Crippen molar-refractivity contribution in [2.24, 2.45) is 0 Å². The van der Waals surface area contributed by atoms with Gasteiger partial charge in [0.2, 0.25) is 0 Å². The van der Waals surface area contributed by atoms with Gasteiger partial charge in [0.25, 0.3) is 0 Å². The van der Waals surface area contributed by atoms with E-state index in [1.54, 1.807) is 20.1 Å². The molecule has 98 valence electrons. The van der Waals surface area contributed by atoms with Crippen molar-refractivity contribution in [1.29, 1.82) is 0 Å². The molecule has 0 aliphatic carbocycles. The maximum Gasteiger partial charge on any atom is 0.337 e. The number of anilines is 2. The van der Waals surface area contributed by atoms with Gasteiger partial charge in [-0.2, -0.15) is 0 Å². The molecule has 0 fully saturated rings. The molecular weight excluding hydrogens is 244 g/mol. The Morgan fingerprint density at radius 3 is 2.74 bits per heavy atom. The van der Waals surface area contributed by atoms with Crippen molar-refractivity contribution >= 4 is 17.5 Å². The zero-order chi connectivity index (χ0) is 13.8. The lowest BCUT2D eigenvalue weighted by atomic mass is 10.2. The van der Waals surface area contributed by atoms with Gasteiger partial charge in [0.05, 0.1) is 18.4 Å². The summed E-state index contributed by atoms with van der Waals surface area (Å²) in [6.07, 6.45) is 0. The molecule has 2 aromatic rings. The molecule has 1 heterocycles. The number of ether oxygens (including phenoxy) is 1. The molecule has 1 aromatic carbocycles. The van der Waals surface area contributed by atoms with Crippen LogP contribution in [0.2, 0.25) is 0 Å². The smallest absolute Gasteiger partial charge is 0.337 e. The van der Waals surface area contributed by atoms with Gasteiger partial charge < -0.3 is 15.2 Å². The minimum absolute atomic E-state index is 0.205. The van der Waals surface area contributed by atoms with E-state index in [1.807, 2.05) is 24.3 Å². The number of aromatic nitrogens is 1. The predicted molar refractivity (Wildman–Crippen MR) is 72.2 cm³/mol. The summed E-state index contributed by atoms with van der Waals surface area (Å²) < 4.78 is 5.13. The first-order valence-electron chi connectivity index (χ1n) is 5.72. The molecule has 1 aromatic heterocycles. The summed E-state index contributed by atoms with van der Waals surface area (Å²) in [7, 11) is 1.60. The van der Waals surface area contributed by atoms with Gasteiger partial charge in [-0.25, -0.2) is 9.78 Å². The zero-order valence-electron chi connectivity index (χ0n) is 10.7. The lowest BCUT2D eigenvalue weighted by molar-refractivity contribution is 0.0695. The second kappa shape index (κ2) is 5.39. The molecule has 5 heteroatoms. The molecule has 0 aliphatic rings. The molecule has 2 rings (SSSR count). The van der Waals surface area contributed by atoms with Crippen LogP contribution >= 0.6 is 0 Å². The Balaban J connectivity index is 2.23. The third kappa shape index (κ3) is 3.01. The van der Waals surface area contributed by atoms with E-state index in [1.165, 1.54) is 6.07 Å². The van der Waals surface area contributed by atoms with E-state index in [4.69, 9.17) is 9.84 Å². The quantitative estimate of drug-likeness (QED) is 0.882. The Kier molecular flexibility index (Phi) is 3.66. The number of rotatable bonds is 4. The summed E-state index contributed by atoms with van der Waals surface area (Å²) in [6, 6.07) is 10.6. The van der Waals surface area contributed by atoms with Crippen LogP contribution < -0.4 is 10.1 Å². The number of hydrogen-bond donors (Lipinski definition) is 2. The van der Waals surface area contributed by atoms with Crippen LogP contribution in [-0.2, 0) is 0 Å². The number of carboxylic acids is 1. The number of benzene rings is 1. The maximum atomic E-state index is 10.9. The van der Waals surface area contributed by atoms with Gasteiger partial charge >= 0.3 is 5.97 Å². The highest BCUT2D eigenvalue weighted by atomic mass is 16.5. The summed E-state index contributed by atoms with van der Waals surface area (Å²) in [4.78, 5) is 15.1. The average molecular weight is 258 g/mol. The Morgan fingerprint density at radius 2 is 2.11 bits per heavy atom. The van der Waals surface area contributed by atoms with Crippen molar-refractivity contribution in [2.45, 2.75) is 6.92 Å². The molecule has 5 nitrogen and oxygen atoms in total. The van der Waals surface area contributed by atoms with E-state index in [2.05, 4.69) is 10.3 Å². The van der Waals surface area contributed by atoms with Crippen molar-refractivity contribution in [1.82, 2.24) is 4.98 Å². The maximum absolute atomic E-state index is 10.9. The van der Waals surface area contributed by atoms with Crippen molar-refractivity contribution in [2.75, 3.05) is 12.4 Å². The van der Waals surface area contributed by atoms with Crippen LogP contribution in [0, 0.1) is 6.92 Å². The topological polar surface area (TPSA) is 71.5 Å². The molecule has 0 amide bonds. The fourth-order valence-electron chi connectivity index (χ4n) is 1.71. The summed E-state index contributed by atoms with van der Waals surface area (Å²) in [5.74, 6) is 0.359. The monoisotopic (exact) mass is 258 g/mol. The minimum Gasteiger partial charge on any atom is -0.497 e. The van der Waals surface area contributed by atoms with Crippen molar-refractivity contribution in [3.63, 3.8) is 0 Å². The summed E-state index contributed by atoms with van der Waals surface area (Å²) in [5, 5.41) is 12.0. The molecule has 0 unspecified atom stereocenters. The van der Waals surface area contributed by atoms with E-state index in [0.29, 0.717) is 11.5 Å². The molecule has 2 N–H and O–H groups in total. The van der Waals surface area contributed by atoms with Crippen molar-refractivity contribution in [3.05, 3.63) is 47.7 Å². The first-order chi connectivity index (χ1) is 9.10. The standard InChI is InChI=1S/C14H14N2O3/c1-9-12(14(17)18)6-7-13(15-9)16-10-4-3-5-11(8-10)19-2/h3-8H,1-2H3,(H,15,16)(H,17,18). The van der Waals surface area contributed by atoms with Crippen LogP contribution in [0.5, 0.6) is 5.75 Å². The predicted octanol–water partition coefficient (Wildman–Crippen LogP) is 2.84. The zero-order valence-corrected chi connectivity index (χ0v) is 10.7. The van der Waals surface area contributed by atoms with Crippen molar-refractivity contribution in [3.8, 4) is 5.75 Å².